The van der Waals surface area contributed by atoms with Crippen molar-refractivity contribution in [3.8, 4) is 5.75 Å². The highest BCUT2D eigenvalue weighted by Gasteiger charge is 2.16. The topological polar surface area (TPSA) is 37.3 Å². The van der Waals surface area contributed by atoms with Gasteiger partial charge in [0.2, 0.25) is 0 Å². The number of halogens is 1. The maximum absolute atomic E-state index is 12.8. The van der Waals surface area contributed by atoms with Crippen molar-refractivity contribution in [2.75, 3.05) is 0 Å². The predicted octanol–water partition coefficient (Wildman–Crippen LogP) is 2.86. The summed E-state index contributed by atoms with van der Waals surface area (Å²) in [5, 5.41) is 9.69. The van der Waals surface area contributed by atoms with Gasteiger partial charge in [-0.2, -0.15) is 0 Å². The van der Waals surface area contributed by atoms with Crippen LogP contribution in [0.3, 0.4) is 0 Å². The van der Waals surface area contributed by atoms with Crippen LogP contribution >= 0.6 is 0 Å². The minimum atomic E-state index is -0.572. The third-order valence-corrected chi connectivity index (χ3v) is 2.64. The molecule has 1 unspecified atom stereocenters. The summed E-state index contributed by atoms with van der Waals surface area (Å²) in [6.45, 7) is 0. The van der Waals surface area contributed by atoms with Gasteiger partial charge < -0.3 is 9.90 Å². The van der Waals surface area contributed by atoms with Gasteiger partial charge in [-0.15, -0.1) is 0 Å². The fourth-order valence-corrected chi connectivity index (χ4v) is 1.75. The molecule has 0 fully saturated rings. The van der Waals surface area contributed by atoms with Crippen molar-refractivity contribution < 1.29 is 14.3 Å². The van der Waals surface area contributed by atoms with E-state index in [1.807, 2.05) is 0 Å². The van der Waals surface area contributed by atoms with E-state index in [-0.39, 0.29) is 11.6 Å². The lowest BCUT2D eigenvalue weighted by molar-refractivity contribution is -0.108. The summed E-state index contributed by atoms with van der Waals surface area (Å²) in [5.41, 5.74) is 1.18. The number of para-hydroxylation sites is 1. The van der Waals surface area contributed by atoms with Crippen molar-refractivity contribution in [2.24, 2.45) is 0 Å². The predicted molar refractivity (Wildman–Crippen MR) is 62.4 cm³/mol. The van der Waals surface area contributed by atoms with E-state index >= 15 is 0 Å². The van der Waals surface area contributed by atoms with Crippen LogP contribution in [0.2, 0.25) is 0 Å². The first-order chi connectivity index (χ1) is 8.22. The van der Waals surface area contributed by atoms with E-state index in [4.69, 9.17) is 0 Å². The van der Waals surface area contributed by atoms with Crippen LogP contribution in [-0.4, -0.2) is 11.4 Å². The van der Waals surface area contributed by atoms with E-state index in [2.05, 4.69) is 0 Å². The second-order valence-electron chi connectivity index (χ2n) is 3.72. The zero-order chi connectivity index (χ0) is 12.3. The van der Waals surface area contributed by atoms with Gasteiger partial charge >= 0.3 is 0 Å². The van der Waals surface area contributed by atoms with Gasteiger partial charge in [0.25, 0.3) is 0 Å². The van der Waals surface area contributed by atoms with Crippen molar-refractivity contribution in [2.45, 2.75) is 5.92 Å². The van der Waals surface area contributed by atoms with Gasteiger partial charge in [-0.3, -0.25) is 0 Å². The second kappa shape index (κ2) is 4.78. The molecular formula is C14H11FO2. The molecule has 0 aromatic heterocycles. The number of rotatable bonds is 3. The molecule has 1 N–H and O–H groups in total. The highest BCUT2D eigenvalue weighted by molar-refractivity contribution is 5.70. The third-order valence-electron chi connectivity index (χ3n) is 2.64. The number of carbonyl (C=O) groups excluding carboxylic acids is 1. The molecule has 0 aliphatic rings. The zero-order valence-electron chi connectivity index (χ0n) is 9.01. The molecule has 0 saturated heterocycles. The molecule has 0 bridgehead atoms. The Morgan fingerprint density at radius 3 is 2.29 bits per heavy atom. The molecule has 0 radical (unpaired) electrons. The van der Waals surface area contributed by atoms with Crippen molar-refractivity contribution in [3.63, 3.8) is 0 Å². The number of hydrogen-bond acceptors (Lipinski definition) is 2. The number of carbonyl (C=O) groups is 1. The fourth-order valence-electron chi connectivity index (χ4n) is 1.75. The van der Waals surface area contributed by atoms with Crippen LogP contribution in [-0.2, 0) is 4.79 Å². The zero-order valence-corrected chi connectivity index (χ0v) is 9.01. The standard InChI is InChI=1S/C14H11FO2/c15-11-7-5-10(6-8-11)13(9-16)12-3-1-2-4-14(12)17/h1-9,13,17H. The van der Waals surface area contributed by atoms with Gasteiger partial charge in [0.15, 0.2) is 0 Å². The number of aldehydes is 1. The van der Waals surface area contributed by atoms with Crippen LogP contribution in [0.5, 0.6) is 5.75 Å². The first kappa shape index (κ1) is 11.3. The monoisotopic (exact) mass is 230 g/mol. The fraction of sp³-hybridized carbons (Fsp3) is 0.0714. The summed E-state index contributed by atoms with van der Waals surface area (Å²) in [6, 6.07) is 12.3. The van der Waals surface area contributed by atoms with Crippen LogP contribution in [0.15, 0.2) is 48.5 Å². The minimum Gasteiger partial charge on any atom is -0.508 e. The lowest BCUT2D eigenvalue weighted by Gasteiger charge is -2.12. The molecule has 3 heteroatoms. The SMILES string of the molecule is O=CC(c1ccc(F)cc1)c1ccccc1O. The van der Waals surface area contributed by atoms with E-state index < -0.39 is 5.92 Å². The Bertz CT molecular complexity index is 520. The molecule has 0 aliphatic heterocycles. The number of benzene rings is 2. The molecule has 0 amide bonds. The maximum Gasteiger partial charge on any atom is 0.131 e. The lowest BCUT2D eigenvalue weighted by atomic mass is 9.92. The lowest BCUT2D eigenvalue weighted by Crippen LogP contribution is -2.02. The van der Waals surface area contributed by atoms with Crippen molar-refractivity contribution in [3.05, 3.63) is 65.5 Å². The summed E-state index contributed by atoms with van der Waals surface area (Å²) >= 11 is 0. The van der Waals surface area contributed by atoms with Crippen LogP contribution in [0.1, 0.15) is 17.0 Å². The second-order valence-corrected chi connectivity index (χ2v) is 3.72. The van der Waals surface area contributed by atoms with Crippen LogP contribution in [0.25, 0.3) is 0 Å². The molecule has 86 valence electrons. The Kier molecular flexibility index (Phi) is 3.19. The van der Waals surface area contributed by atoms with Crippen molar-refractivity contribution in [1.82, 2.24) is 0 Å². The van der Waals surface area contributed by atoms with Crippen molar-refractivity contribution in [1.29, 1.82) is 0 Å². The summed E-state index contributed by atoms with van der Waals surface area (Å²) < 4.78 is 12.8. The van der Waals surface area contributed by atoms with Crippen LogP contribution < -0.4 is 0 Å². The Hall–Kier alpha value is -2.16. The van der Waals surface area contributed by atoms with E-state index in [0.717, 1.165) is 6.29 Å². The molecule has 2 aromatic carbocycles. The van der Waals surface area contributed by atoms with Crippen molar-refractivity contribution >= 4 is 6.29 Å². The summed E-state index contributed by atoms with van der Waals surface area (Å²) in [6.07, 6.45) is 0.738. The molecule has 0 saturated carbocycles. The average Bonchev–Trinajstić information content (AvgIpc) is 2.35. The molecule has 17 heavy (non-hydrogen) atoms. The smallest absolute Gasteiger partial charge is 0.131 e. The van der Waals surface area contributed by atoms with Crippen LogP contribution in [0.4, 0.5) is 4.39 Å². The Balaban J connectivity index is 2.44. The first-order valence-corrected chi connectivity index (χ1v) is 5.21. The molecule has 2 rings (SSSR count). The Morgan fingerprint density at radius 2 is 1.71 bits per heavy atom. The normalized spacial score (nSPS) is 12.1. The van der Waals surface area contributed by atoms with Gasteiger partial charge in [-0.1, -0.05) is 30.3 Å². The molecule has 0 spiro atoms. The highest BCUT2D eigenvalue weighted by Crippen LogP contribution is 2.29. The Labute approximate surface area is 98.3 Å². The number of hydrogen-bond donors (Lipinski definition) is 1. The van der Waals surface area contributed by atoms with Crippen LogP contribution in [0, 0.1) is 5.82 Å². The van der Waals surface area contributed by atoms with Gasteiger partial charge in [0, 0.05) is 5.56 Å². The maximum atomic E-state index is 12.8. The van der Waals surface area contributed by atoms with E-state index in [1.165, 1.54) is 18.2 Å². The molecule has 0 heterocycles. The number of phenolic OH excluding ortho intramolecular Hbond substituents is 1. The average molecular weight is 230 g/mol. The van der Waals surface area contributed by atoms with Gasteiger partial charge in [0.1, 0.15) is 17.9 Å². The molecule has 2 aromatic rings. The van der Waals surface area contributed by atoms with E-state index in [1.54, 1.807) is 30.3 Å². The number of aromatic hydroxyl groups is 1. The van der Waals surface area contributed by atoms with Gasteiger partial charge in [0.05, 0.1) is 5.92 Å². The molecule has 1 atom stereocenters. The minimum absolute atomic E-state index is 0.0638. The van der Waals surface area contributed by atoms with E-state index in [0.29, 0.717) is 11.1 Å². The van der Waals surface area contributed by atoms with Gasteiger partial charge in [-0.05, 0) is 23.8 Å². The summed E-state index contributed by atoms with van der Waals surface area (Å²) in [7, 11) is 0. The summed E-state index contributed by atoms with van der Waals surface area (Å²) in [5.74, 6) is -0.860. The summed E-state index contributed by atoms with van der Waals surface area (Å²) in [4.78, 5) is 11.1. The molecular weight excluding hydrogens is 219 g/mol. The first-order valence-electron chi connectivity index (χ1n) is 5.21. The van der Waals surface area contributed by atoms with E-state index in [9.17, 15) is 14.3 Å². The largest absolute Gasteiger partial charge is 0.508 e. The quantitative estimate of drug-likeness (QED) is 0.823. The highest BCUT2D eigenvalue weighted by atomic mass is 19.1. The molecule has 2 nitrogen and oxygen atoms in total. The molecule has 0 aliphatic carbocycles. The number of phenols is 1. The Morgan fingerprint density at radius 1 is 1.06 bits per heavy atom. The van der Waals surface area contributed by atoms with Gasteiger partial charge in [-0.25, -0.2) is 4.39 Å². The third kappa shape index (κ3) is 2.33.